The number of carbonyl (C=O) groups excluding carboxylic acids is 2. The highest BCUT2D eigenvalue weighted by atomic mass is 19.4. The Bertz CT molecular complexity index is 297. The molecule has 0 amide bonds. The molecule has 0 radical (unpaired) electrons. The number of rotatable bonds is 5. The zero-order chi connectivity index (χ0) is 13.5. The molecular formula is C9H11F3O5. The molecule has 0 aromatic carbocycles. The quantitative estimate of drug-likeness (QED) is 0.426. The van der Waals surface area contributed by atoms with Crippen LogP contribution in [0, 0.1) is 0 Å². The highest BCUT2D eigenvalue weighted by Crippen LogP contribution is 2.14. The number of esters is 1. The smallest absolute Gasteiger partial charge is 0.459 e. The van der Waals surface area contributed by atoms with Crippen LogP contribution in [0.1, 0.15) is 6.92 Å². The van der Waals surface area contributed by atoms with Crippen molar-refractivity contribution >= 4 is 12.1 Å². The molecule has 0 aromatic rings. The van der Waals surface area contributed by atoms with Crippen molar-refractivity contribution in [2.24, 2.45) is 0 Å². The Labute approximate surface area is 95.1 Å². The molecule has 8 heteroatoms. The SMILES string of the molecule is C=C(C)C(=O)OCCOC(=O)OCC(F)(F)F. The van der Waals surface area contributed by atoms with Gasteiger partial charge >= 0.3 is 18.3 Å². The number of carbonyl (C=O) groups is 2. The van der Waals surface area contributed by atoms with Gasteiger partial charge in [-0.05, 0) is 6.92 Å². The Morgan fingerprint density at radius 2 is 1.65 bits per heavy atom. The first-order chi connectivity index (χ1) is 7.72. The normalized spacial score (nSPS) is 10.6. The summed E-state index contributed by atoms with van der Waals surface area (Å²) in [5, 5.41) is 0. The molecule has 0 fully saturated rings. The summed E-state index contributed by atoms with van der Waals surface area (Å²) >= 11 is 0. The van der Waals surface area contributed by atoms with Gasteiger partial charge in [0.25, 0.3) is 0 Å². The highest BCUT2D eigenvalue weighted by Gasteiger charge is 2.29. The molecule has 0 atom stereocenters. The van der Waals surface area contributed by atoms with Crippen LogP contribution in [0.3, 0.4) is 0 Å². The van der Waals surface area contributed by atoms with E-state index in [-0.39, 0.29) is 12.2 Å². The van der Waals surface area contributed by atoms with Crippen molar-refractivity contribution in [3.8, 4) is 0 Å². The van der Waals surface area contributed by atoms with Gasteiger partial charge in [0.2, 0.25) is 0 Å². The van der Waals surface area contributed by atoms with Gasteiger partial charge in [-0.3, -0.25) is 0 Å². The minimum Gasteiger partial charge on any atom is -0.459 e. The van der Waals surface area contributed by atoms with Gasteiger partial charge in [0, 0.05) is 5.57 Å². The number of hydrogen-bond donors (Lipinski definition) is 0. The molecule has 0 N–H and O–H groups in total. The molecule has 5 nitrogen and oxygen atoms in total. The standard InChI is InChI=1S/C9H11F3O5/c1-6(2)7(13)15-3-4-16-8(14)17-5-9(10,11)12/h1,3-5H2,2H3. The molecule has 0 bridgehead atoms. The van der Waals surface area contributed by atoms with Crippen LogP contribution in [-0.4, -0.2) is 38.1 Å². The summed E-state index contributed by atoms with van der Waals surface area (Å²) in [6.45, 7) is 2.31. The number of ether oxygens (including phenoxy) is 3. The molecule has 98 valence electrons. The van der Waals surface area contributed by atoms with E-state index in [4.69, 9.17) is 0 Å². The van der Waals surface area contributed by atoms with Gasteiger partial charge in [-0.2, -0.15) is 13.2 Å². The molecule has 17 heavy (non-hydrogen) atoms. The summed E-state index contributed by atoms with van der Waals surface area (Å²) in [7, 11) is 0. The van der Waals surface area contributed by atoms with Crippen molar-refractivity contribution in [3.63, 3.8) is 0 Å². The maximum absolute atomic E-state index is 11.6. The summed E-state index contributed by atoms with van der Waals surface area (Å²) in [6.07, 6.45) is -6.08. The molecule has 0 spiro atoms. The van der Waals surface area contributed by atoms with Crippen LogP contribution in [0.4, 0.5) is 18.0 Å². The minimum absolute atomic E-state index is 0.157. The summed E-state index contributed by atoms with van der Waals surface area (Å²) < 4.78 is 47.2. The maximum atomic E-state index is 11.6. The molecular weight excluding hydrogens is 245 g/mol. The first kappa shape index (κ1) is 15.3. The van der Waals surface area contributed by atoms with E-state index in [0.29, 0.717) is 0 Å². The lowest BCUT2D eigenvalue weighted by molar-refractivity contribution is -0.166. The predicted molar refractivity (Wildman–Crippen MR) is 49.1 cm³/mol. The third-order valence-electron chi connectivity index (χ3n) is 1.24. The monoisotopic (exact) mass is 256 g/mol. The zero-order valence-electron chi connectivity index (χ0n) is 9.00. The van der Waals surface area contributed by atoms with Gasteiger partial charge in [0.1, 0.15) is 13.2 Å². The van der Waals surface area contributed by atoms with E-state index in [1.807, 2.05) is 0 Å². The van der Waals surface area contributed by atoms with Crippen molar-refractivity contribution in [1.82, 2.24) is 0 Å². The largest absolute Gasteiger partial charge is 0.508 e. The van der Waals surface area contributed by atoms with Gasteiger partial charge in [0.05, 0.1) is 0 Å². The van der Waals surface area contributed by atoms with E-state index < -0.39 is 31.5 Å². The minimum atomic E-state index is -4.61. The van der Waals surface area contributed by atoms with Crippen LogP contribution < -0.4 is 0 Å². The molecule has 0 saturated carbocycles. The third-order valence-corrected chi connectivity index (χ3v) is 1.24. The Hall–Kier alpha value is -1.73. The number of hydrogen-bond acceptors (Lipinski definition) is 5. The summed E-state index contributed by atoms with van der Waals surface area (Å²) in [4.78, 5) is 21.4. The Morgan fingerprint density at radius 3 is 2.12 bits per heavy atom. The van der Waals surface area contributed by atoms with Gasteiger partial charge in [0.15, 0.2) is 6.61 Å². The van der Waals surface area contributed by atoms with Crippen molar-refractivity contribution in [1.29, 1.82) is 0 Å². The molecule has 0 heterocycles. The highest BCUT2D eigenvalue weighted by molar-refractivity contribution is 5.86. The van der Waals surface area contributed by atoms with E-state index in [1.165, 1.54) is 6.92 Å². The molecule has 0 saturated heterocycles. The molecule has 0 aliphatic rings. The lowest BCUT2D eigenvalue weighted by Gasteiger charge is -2.08. The Kier molecular flexibility index (Phi) is 6.08. The van der Waals surface area contributed by atoms with Crippen LogP contribution >= 0.6 is 0 Å². The van der Waals surface area contributed by atoms with Gasteiger partial charge < -0.3 is 14.2 Å². The lowest BCUT2D eigenvalue weighted by atomic mass is 10.4. The van der Waals surface area contributed by atoms with Gasteiger partial charge in [-0.15, -0.1) is 0 Å². The van der Waals surface area contributed by atoms with E-state index in [9.17, 15) is 22.8 Å². The summed E-state index contributed by atoms with van der Waals surface area (Å²) in [6, 6.07) is 0. The van der Waals surface area contributed by atoms with Crippen LogP contribution in [0.2, 0.25) is 0 Å². The van der Waals surface area contributed by atoms with Gasteiger partial charge in [-0.25, -0.2) is 9.59 Å². The zero-order valence-corrected chi connectivity index (χ0v) is 9.00. The van der Waals surface area contributed by atoms with Crippen molar-refractivity contribution in [2.45, 2.75) is 13.1 Å². The molecule has 0 aliphatic heterocycles. The molecule has 0 rings (SSSR count). The Morgan fingerprint density at radius 1 is 1.12 bits per heavy atom. The second-order valence-electron chi connectivity index (χ2n) is 2.92. The predicted octanol–water partition coefficient (Wildman–Crippen LogP) is 1.82. The lowest BCUT2D eigenvalue weighted by Crippen LogP contribution is -2.22. The van der Waals surface area contributed by atoms with E-state index in [0.717, 1.165) is 0 Å². The fourth-order valence-electron chi connectivity index (χ4n) is 0.565. The van der Waals surface area contributed by atoms with Crippen LogP contribution in [-0.2, 0) is 19.0 Å². The molecule has 0 aliphatic carbocycles. The fourth-order valence-corrected chi connectivity index (χ4v) is 0.565. The summed E-state index contributed by atoms with van der Waals surface area (Å²) in [5.74, 6) is -0.683. The van der Waals surface area contributed by atoms with Gasteiger partial charge in [-0.1, -0.05) is 6.58 Å². The maximum Gasteiger partial charge on any atom is 0.508 e. The van der Waals surface area contributed by atoms with E-state index in [1.54, 1.807) is 0 Å². The van der Waals surface area contributed by atoms with Crippen LogP contribution in [0.25, 0.3) is 0 Å². The first-order valence-electron chi connectivity index (χ1n) is 4.41. The molecule has 0 aromatic heterocycles. The van der Waals surface area contributed by atoms with Crippen LogP contribution in [0.15, 0.2) is 12.2 Å². The first-order valence-corrected chi connectivity index (χ1v) is 4.41. The van der Waals surface area contributed by atoms with Crippen molar-refractivity contribution in [2.75, 3.05) is 19.8 Å². The fraction of sp³-hybridized carbons (Fsp3) is 0.556. The van der Waals surface area contributed by atoms with Crippen molar-refractivity contribution in [3.05, 3.63) is 12.2 Å². The Balaban J connectivity index is 3.59. The van der Waals surface area contributed by atoms with Crippen molar-refractivity contribution < 1.29 is 37.0 Å². The average Bonchev–Trinajstić information content (AvgIpc) is 2.20. The third kappa shape index (κ3) is 9.21. The number of alkyl halides is 3. The summed E-state index contributed by atoms with van der Waals surface area (Å²) in [5.41, 5.74) is 0.157. The topological polar surface area (TPSA) is 61.8 Å². The average molecular weight is 256 g/mol. The van der Waals surface area contributed by atoms with E-state index in [2.05, 4.69) is 20.8 Å². The molecule has 0 unspecified atom stereocenters. The van der Waals surface area contributed by atoms with Crippen LogP contribution in [0.5, 0.6) is 0 Å². The van der Waals surface area contributed by atoms with E-state index >= 15 is 0 Å². The second-order valence-corrected chi connectivity index (χ2v) is 2.92. The number of halogens is 3. The second kappa shape index (κ2) is 6.77.